The van der Waals surface area contributed by atoms with Crippen molar-refractivity contribution >= 4 is 0 Å². The summed E-state index contributed by atoms with van der Waals surface area (Å²) in [5.41, 5.74) is 0. The monoisotopic (exact) mass is 131 g/mol. The third kappa shape index (κ3) is 12.9. The van der Waals surface area contributed by atoms with Crippen LogP contribution in [-0.4, -0.2) is 0 Å². The van der Waals surface area contributed by atoms with E-state index in [0.717, 1.165) is 0 Å². The Labute approximate surface area is 44.4 Å². The van der Waals surface area contributed by atoms with Gasteiger partial charge >= 0.3 is 25.7 Å². The molecule has 0 aliphatic carbocycles. The maximum atomic E-state index is 8.50. The summed E-state index contributed by atoms with van der Waals surface area (Å²) in [6.07, 6.45) is 0. The Morgan fingerprint density at radius 2 is 1.25 bits per heavy atom. The van der Waals surface area contributed by atoms with Crippen molar-refractivity contribution in [1.82, 2.24) is 0 Å². The predicted octanol–water partition coefficient (Wildman–Crippen LogP) is -0.243. The molecule has 0 unspecified atom stereocenters. The molecule has 0 spiro atoms. The molecule has 0 saturated carbocycles. The summed E-state index contributed by atoms with van der Waals surface area (Å²) in [5.74, 6) is 0. The van der Waals surface area contributed by atoms with E-state index < -0.39 is 19.1 Å². The van der Waals surface area contributed by atoms with Crippen molar-refractivity contribution in [2.75, 3.05) is 0 Å². The van der Waals surface area contributed by atoms with E-state index in [2.05, 4.69) is 0 Å². The van der Waals surface area contributed by atoms with Crippen LogP contribution in [0.3, 0.4) is 0 Å². The number of hydrogen-bond donors (Lipinski definition) is 0. The van der Waals surface area contributed by atoms with Crippen molar-refractivity contribution in [3.63, 3.8) is 0 Å². The van der Waals surface area contributed by atoms with E-state index in [1.165, 1.54) is 0 Å². The number of hydrogen-bond acceptors (Lipinski definition) is 2. The van der Waals surface area contributed by atoms with Crippen molar-refractivity contribution < 1.29 is 44.3 Å². The molecule has 0 aliphatic heterocycles. The van der Waals surface area contributed by atoms with Crippen LogP contribution >= 0.6 is 0 Å². The minimum atomic E-state index is -2.00. The summed E-state index contributed by atoms with van der Waals surface area (Å²) in [5, 5.41) is 0. The Bertz CT molecular complexity index is 27.0. The van der Waals surface area contributed by atoms with Crippen LogP contribution < -0.4 is 0 Å². The Kier molecular flexibility index (Phi) is 20.1. The molecule has 0 fully saturated rings. The minimum Gasteiger partial charge on any atom is 0 e. The molecule has 0 aromatic carbocycles. The first-order valence-corrected chi connectivity index (χ1v) is 1.68. The first kappa shape index (κ1) is 8.86. The van der Waals surface area contributed by atoms with Crippen LogP contribution in [0.2, 0.25) is 0 Å². The van der Waals surface area contributed by atoms with Crippen molar-refractivity contribution in [1.29, 1.82) is 0 Å². The van der Waals surface area contributed by atoms with Gasteiger partial charge in [-0.1, -0.05) is 0 Å². The second-order valence-electron chi connectivity index (χ2n) is 0.0833. The summed E-state index contributed by atoms with van der Waals surface area (Å²) in [4.78, 5) is 0. The van der Waals surface area contributed by atoms with Gasteiger partial charge in [0.15, 0.2) is 0 Å². The molecule has 0 N–H and O–H groups in total. The van der Waals surface area contributed by atoms with Crippen LogP contribution in [-0.2, 0) is 44.3 Å². The van der Waals surface area contributed by atoms with Gasteiger partial charge in [0.1, 0.15) is 0 Å². The Hall–Kier alpha value is 0.899. The molecular weight excluding hydrogens is 131 g/mol. The smallest absolute Gasteiger partial charge is 0 e. The Morgan fingerprint density at radius 1 is 1.25 bits per heavy atom. The molecule has 4 heteroatoms. The van der Waals surface area contributed by atoms with Crippen LogP contribution in [0.15, 0.2) is 0 Å². The molecular formula is O2TiV. The van der Waals surface area contributed by atoms with E-state index in [1.54, 1.807) is 0 Å². The fourth-order valence-corrected chi connectivity index (χ4v) is 0. The zero-order valence-corrected chi connectivity index (χ0v) is 4.72. The quantitative estimate of drug-likeness (QED) is 0.425. The third-order valence-electron chi connectivity index (χ3n) is 0. The van der Waals surface area contributed by atoms with Crippen molar-refractivity contribution in [2.24, 2.45) is 0 Å². The van der Waals surface area contributed by atoms with Gasteiger partial charge in [-0.3, -0.25) is 0 Å². The molecule has 0 heterocycles. The minimum absolute atomic E-state index is 0. The molecule has 1 radical (unpaired) electrons. The largest absolute Gasteiger partial charge is 0 e. The summed E-state index contributed by atoms with van der Waals surface area (Å²) < 4.78 is 17.0. The van der Waals surface area contributed by atoms with E-state index in [-0.39, 0.29) is 18.6 Å². The SMILES string of the molecule is [O]=[Ti]=[O].[V]. The fourth-order valence-electron chi connectivity index (χ4n) is 0. The van der Waals surface area contributed by atoms with Gasteiger partial charge in [-0.15, -0.1) is 0 Å². The van der Waals surface area contributed by atoms with Gasteiger partial charge in [0.25, 0.3) is 0 Å². The summed E-state index contributed by atoms with van der Waals surface area (Å²) >= 11 is -2.00. The van der Waals surface area contributed by atoms with E-state index in [0.29, 0.717) is 0 Å². The fraction of sp³-hybridized carbons (Fsp3) is 0. The summed E-state index contributed by atoms with van der Waals surface area (Å²) in [6, 6.07) is 0. The normalized spacial score (nSPS) is 2.00. The molecule has 21 valence electrons. The van der Waals surface area contributed by atoms with Crippen molar-refractivity contribution in [2.45, 2.75) is 0 Å². The van der Waals surface area contributed by atoms with Gasteiger partial charge in [0, 0.05) is 18.6 Å². The maximum absolute atomic E-state index is 8.50. The van der Waals surface area contributed by atoms with Crippen LogP contribution in [0, 0.1) is 0 Å². The Balaban J connectivity index is 0. The zero-order valence-electron chi connectivity index (χ0n) is 1.76. The topological polar surface area (TPSA) is 34.1 Å². The second kappa shape index (κ2) is 9.09. The average Bonchev–Trinajstić information content (AvgIpc) is 0.918. The van der Waals surface area contributed by atoms with E-state index in [1.807, 2.05) is 0 Å². The van der Waals surface area contributed by atoms with Crippen LogP contribution in [0.1, 0.15) is 0 Å². The molecule has 0 aromatic heterocycles. The van der Waals surface area contributed by atoms with Crippen LogP contribution in [0.5, 0.6) is 0 Å². The van der Waals surface area contributed by atoms with Crippen molar-refractivity contribution in [3.8, 4) is 0 Å². The predicted molar refractivity (Wildman–Crippen MR) is 1.37 cm³/mol. The van der Waals surface area contributed by atoms with Gasteiger partial charge in [-0.05, 0) is 0 Å². The molecule has 0 rings (SSSR count). The van der Waals surface area contributed by atoms with Gasteiger partial charge in [0.05, 0.1) is 0 Å². The summed E-state index contributed by atoms with van der Waals surface area (Å²) in [6.45, 7) is 0. The van der Waals surface area contributed by atoms with Gasteiger partial charge in [-0.25, -0.2) is 0 Å². The third-order valence-corrected chi connectivity index (χ3v) is 0. The van der Waals surface area contributed by atoms with Gasteiger partial charge < -0.3 is 0 Å². The zero-order chi connectivity index (χ0) is 2.71. The van der Waals surface area contributed by atoms with Crippen LogP contribution in [0.25, 0.3) is 0 Å². The average molecular weight is 131 g/mol. The molecule has 2 nitrogen and oxygen atoms in total. The standard InChI is InChI=1S/2O.Ti.V. The molecule has 0 amide bonds. The second-order valence-corrected chi connectivity index (χ2v) is 0.344. The number of rotatable bonds is 0. The molecule has 0 aliphatic rings. The van der Waals surface area contributed by atoms with Crippen LogP contribution in [0.4, 0.5) is 0 Å². The molecule has 0 saturated heterocycles. The van der Waals surface area contributed by atoms with Crippen molar-refractivity contribution in [3.05, 3.63) is 0 Å². The maximum Gasteiger partial charge on any atom is 0 e. The van der Waals surface area contributed by atoms with E-state index in [4.69, 9.17) is 6.65 Å². The summed E-state index contributed by atoms with van der Waals surface area (Å²) in [7, 11) is 0. The van der Waals surface area contributed by atoms with Gasteiger partial charge in [0.2, 0.25) is 0 Å². The molecule has 0 atom stereocenters. The molecule has 0 bridgehead atoms. The van der Waals surface area contributed by atoms with E-state index >= 15 is 0 Å². The molecule has 4 heavy (non-hydrogen) atoms. The molecule has 0 aromatic rings. The Morgan fingerprint density at radius 3 is 1.25 bits per heavy atom. The van der Waals surface area contributed by atoms with E-state index in [9.17, 15) is 0 Å². The van der Waals surface area contributed by atoms with Gasteiger partial charge in [-0.2, -0.15) is 0 Å². The first-order valence-electron chi connectivity index (χ1n) is 0.408. The first-order chi connectivity index (χ1) is 1.41.